The number of nitriles is 1. The molecule has 1 N–H and O–H groups in total. The van der Waals surface area contributed by atoms with E-state index in [1.807, 2.05) is 19.9 Å². The summed E-state index contributed by atoms with van der Waals surface area (Å²) in [7, 11) is 0. The summed E-state index contributed by atoms with van der Waals surface area (Å²) in [5.41, 5.74) is 2.71. The third kappa shape index (κ3) is 3.38. The molecule has 0 bridgehead atoms. The van der Waals surface area contributed by atoms with Gasteiger partial charge in [0.1, 0.15) is 0 Å². The van der Waals surface area contributed by atoms with Crippen LogP contribution < -0.4 is 5.32 Å². The summed E-state index contributed by atoms with van der Waals surface area (Å²) in [5.74, 6) is -0.415. The first-order chi connectivity index (χ1) is 10.0. The number of carbonyl (C=O) groups is 1. The van der Waals surface area contributed by atoms with Crippen LogP contribution in [0.2, 0.25) is 0 Å². The van der Waals surface area contributed by atoms with Gasteiger partial charge in [0.05, 0.1) is 18.2 Å². The Kier molecular flexibility index (Phi) is 4.55. The van der Waals surface area contributed by atoms with E-state index in [9.17, 15) is 4.79 Å². The van der Waals surface area contributed by atoms with E-state index >= 15 is 0 Å². The van der Waals surface area contributed by atoms with Crippen molar-refractivity contribution in [2.75, 3.05) is 11.9 Å². The predicted molar refractivity (Wildman–Crippen MR) is 82.0 cm³/mol. The van der Waals surface area contributed by atoms with E-state index in [0.717, 1.165) is 16.1 Å². The Bertz CT molecular complexity index is 716. The monoisotopic (exact) mass is 301 g/mol. The van der Waals surface area contributed by atoms with Crippen molar-refractivity contribution < 1.29 is 9.53 Å². The van der Waals surface area contributed by atoms with Crippen LogP contribution >= 0.6 is 11.3 Å². The van der Waals surface area contributed by atoms with Crippen molar-refractivity contribution in [3.8, 4) is 6.07 Å². The van der Waals surface area contributed by atoms with Crippen molar-refractivity contribution in [2.45, 2.75) is 20.8 Å². The summed E-state index contributed by atoms with van der Waals surface area (Å²) in [6.45, 7) is 5.85. The van der Waals surface area contributed by atoms with E-state index in [1.165, 1.54) is 11.3 Å². The maximum atomic E-state index is 11.7. The van der Waals surface area contributed by atoms with Crippen molar-refractivity contribution in [3.63, 3.8) is 0 Å². The van der Waals surface area contributed by atoms with E-state index in [2.05, 4.69) is 16.4 Å². The topological polar surface area (TPSA) is 75.0 Å². The molecule has 21 heavy (non-hydrogen) atoms. The van der Waals surface area contributed by atoms with Crippen LogP contribution in [0.3, 0.4) is 0 Å². The molecule has 0 saturated carbocycles. The molecule has 0 aliphatic rings. The molecule has 1 heterocycles. The highest BCUT2D eigenvalue weighted by molar-refractivity contribution is 7.15. The quantitative estimate of drug-likeness (QED) is 0.874. The number of esters is 1. The summed E-state index contributed by atoms with van der Waals surface area (Å²) in [4.78, 5) is 16.8. The molecule has 5 nitrogen and oxygen atoms in total. The molecule has 0 amide bonds. The number of anilines is 2. The molecule has 0 fully saturated rings. The number of nitrogens with one attached hydrogen (secondary N) is 1. The lowest BCUT2D eigenvalue weighted by Gasteiger charge is -2.06. The number of thiazole rings is 1. The van der Waals surface area contributed by atoms with Gasteiger partial charge in [0.25, 0.3) is 0 Å². The maximum absolute atomic E-state index is 11.7. The highest BCUT2D eigenvalue weighted by atomic mass is 32.1. The zero-order valence-electron chi connectivity index (χ0n) is 12.1. The molecule has 0 aliphatic heterocycles. The van der Waals surface area contributed by atoms with Crippen LogP contribution in [0.4, 0.5) is 10.8 Å². The lowest BCUT2D eigenvalue weighted by atomic mass is 10.1. The Morgan fingerprint density at radius 3 is 2.90 bits per heavy atom. The molecule has 0 atom stereocenters. The van der Waals surface area contributed by atoms with Crippen LogP contribution in [0, 0.1) is 25.2 Å². The lowest BCUT2D eigenvalue weighted by molar-refractivity contribution is 0.0519. The molecule has 0 saturated heterocycles. The number of aryl methyl sites for hydroxylation is 2. The first-order valence-electron chi connectivity index (χ1n) is 6.47. The second-order valence-electron chi connectivity index (χ2n) is 4.41. The highest BCUT2D eigenvalue weighted by Crippen LogP contribution is 2.27. The minimum atomic E-state index is -0.415. The Hall–Kier alpha value is -2.39. The molecule has 0 radical (unpaired) electrons. The molecular formula is C15H15N3O2S. The molecule has 0 spiro atoms. The molecule has 108 valence electrons. The van der Waals surface area contributed by atoms with Gasteiger partial charge in [-0.2, -0.15) is 5.26 Å². The second kappa shape index (κ2) is 6.37. The number of hydrogen-bond acceptors (Lipinski definition) is 6. The smallest absolute Gasteiger partial charge is 0.358 e. The molecule has 2 aromatic rings. The average Bonchev–Trinajstić information content (AvgIpc) is 2.82. The summed E-state index contributed by atoms with van der Waals surface area (Å²) in [5, 5.41) is 12.7. The molecule has 0 unspecified atom stereocenters. The summed E-state index contributed by atoms with van der Waals surface area (Å²) in [6.07, 6.45) is 0. The average molecular weight is 301 g/mol. The van der Waals surface area contributed by atoms with Crippen LogP contribution in [-0.2, 0) is 4.74 Å². The summed E-state index contributed by atoms with van der Waals surface area (Å²) < 4.78 is 4.97. The normalized spacial score (nSPS) is 10.0. The van der Waals surface area contributed by atoms with Gasteiger partial charge in [-0.25, -0.2) is 9.78 Å². The molecule has 1 aromatic carbocycles. The van der Waals surface area contributed by atoms with Gasteiger partial charge in [0.2, 0.25) is 0 Å². The summed E-state index contributed by atoms with van der Waals surface area (Å²) >= 11 is 1.38. The zero-order chi connectivity index (χ0) is 15.4. The molecule has 0 aliphatic carbocycles. The van der Waals surface area contributed by atoms with Gasteiger partial charge in [0.15, 0.2) is 10.8 Å². The Morgan fingerprint density at radius 2 is 2.24 bits per heavy atom. The fourth-order valence-corrected chi connectivity index (χ4v) is 2.59. The SMILES string of the molecule is CCOC(=O)c1nc(Nc2cc(C#N)ccc2C)sc1C. The van der Waals surface area contributed by atoms with Crippen LogP contribution in [0.25, 0.3) is 0 Å². The van der Waals surface area contributed by atoms with Gasteiger partial charge in [-0.1, -0.05) is 6.07 Å². The third-order valence-electron chi connectivity index (χ3n) is 2.87. The van der Waals surface area contributed by atoms with Crippen molar-refractivity contribution in [1.29, 1.82) is 5.26 Å². The molecular weight excluding hydrogens is 286 g/mol. The fraction of sp³-hybridized carbons (Fsp3) is 0.267. The van der Waals surface area contributed by atoms with Gasteiger partial charge < -0.3 is 10.1 Å². The van der Waals surface area contributed by atoms with E-state index in [-0.39, 0.29) is 0 Å². The standard InChI is InChI=1S/C15H15N3O2S/c1-4-20-14(19)13-10(3)21-15(18-13)17-12-7-11(8-16)6-5-9(12)2/h5-7H,4H2,1-3H3,(H,17,18). The molecule has 1 aromatic heterocycles. The first kappa shape index (κ1) is 15.0. The first-order valence-corrected chi connectivity index (χ1v) is 7.29. The summed E-state index contributed by atoms with van der Waals surface area (Å²) in [6, 6.07) is 7.49. The molecule has 6 heteroatoms. The Morgan fingerprint density at radius 1 is 1.48 bits per heavy atom. The molecule has 2 rings (SSSR count). The predicted octanol–water partition coefficient (Wildman–Crippen LogP) is 3.55. The van der Waals surface area contributed by atoms with Crippen LogP contribution in [-0.4, -0.2) is 17.6 Å². The van der Waals surface area contributed by atoms with Crippen LogP contribution in [0.15, 0.2) is 18.2 Å². The lowest BCUT2D eigenvalue weighted by Crippen LogP contribution is -2.06. The number of rotatable bonds is 4. The number of hydrogen-bond donors (Lipinski definition) is 1. The second-order valence-corrected chi connectivity index (χ2v) is 5.61. The van der Waals surface area contributed by atoms with E-state index < -0.39 is 5.97 Å². The number of nitrogens with zero attached hydrogens (tertiary/aromatic N) is 2. The van der Waals surface area contributed by atoms with Crippen molar-refractivity contribution in [1.82, 2.24) is 4.98 Å². The van der Waals surface area contributed by atoms with E-state index in [1.54, 1.807) is 19.1 Å². The van der Waals surface area contributed by atoms with E-state index in [4.69, 9.17) is 10.00 Å². The largest absolute Gasteiger partial charge is 0.461 e. The van der Waals surface area contributed by atoms with Gasteiger partial charge in [-0.15, -0.1) is 11.3 Å². The maximum Gasteiger partial charge on any atom is 0.358 e. The number of benzene rings is 1. The zero-order valence-corrected chi connectivity index (χ0v) is 12.9. The third-order valence-corrected chi connectivity index (χ3v) is 3.76. The Balaban J connectivity index is 2.27. The van der Waals surface area contributed by atoms with Gasteiger partial charge in [-0.3, -0.25) is 0 Å². The van der Waals surface area contributed by atoms with Gasteiger partial charge in [0, 0.05) is 10.6 Å². The minimum Gasteiger partial charge on any atom is -0.461 e. The van der Waals surface area contributed by atoms with Gasteiger partial charge in [-0.05, 0) is 38.5 Å². The number of ether oxygens (including phenoxy) is 1. The minimum absolute atomic E-state index is 0.321. The fourth-order valence-electron chi connectivity index (χ4n) is 1.78. The van der Waals surface area contributed by atoms with E-state index in [0.29, 0.717) is 23.0 Å². The Labute approximate surface area is 127 Å². The highest BCUT2D eigenvalue weighted by Gasteiger charge is 2.16. The van der Waals surface area contributed by atoms with Crippen molar-refractivity contribution in [3.05, 3.63) is 39.9 Å². The van der Waals surface area contributed by atoms with Crippen LogP contribution in [0.1, 0.15) is 33.4 Å². The van der Waals surface area contributed by atoms with Crippen LogP contribution in [0.5, 0.6) is 0 Å². The van der Waals surface area contributed by atoms with Crippen molar-refractivity contribution in [2.24, 2.45) is 0 Å². The van der Waals surface area contributed by atoms with Gasteiger partial charge >= 0.3 is 5.97 Å². The number of aromatic nitrogens is 1. The number of carbonyl (C=O) groups excluding carboxylic acids is 1. The van der Waals surface area contributed by atoms with Crippen molar-refractivity contribution >= 4 is 28.1 Å².